The van der Waals surface area contributed by atoms with Gasteiger partial charge >= 0.3 is 10.8 Å². The normalized spacial score (nSPS) is 10.6. The number of hydrogen-bond acceptors (Lipinski definition) is 5. The molecule has 25 heavy (non-hydrogen) atoms. The van der Waals surface area contributed by atoms with Crippen LogP contribution < -0.4 is 9.61 Å². The molecule has 0 saturated carbocycles. The van der Waals surface area contributed by atoms with Crippen molar-refractivity contribution in [2.24, 2.45) is 0 Å². The molecule has 3 rings (SSSR count). The Morgan fingerprint density at radius 1 is 1.00 bits per heavy atom. The number of hydrogen-bond donors (Lipinski definition) is 3. The lowest BCUT2D eigenvalue weighted by atomic mass is 10.1. The summed E-state index contributed by atoms with van der Waals surface area (Å²) < 4.78 is 5.72. The summed E-state index contributed by atoms with van der Waals surface area (Å²) in [5, 5.41) is 18.4. The number of carboxylic acid groups (broad SMARTS) is 1. The predicted octanol–water partition coefficient (Wildman–Crippen LogP) is 3.15. The lowest BCUT2D eigenvalue weighted by molar-refractivity contribution is -0.136. The zero-order valence-electron chi connectivity index (χ0n) is 13.1. The summed E-state index contributed by atoms with van der Waals surface area (Å²) in [5.74, 6) is 0.295. The summed E-state index contributed by atoms with van der Waals surface area (Å²) in [6.07, 6.45) is 0.437. The van der Waals surface area contributed by atoms with Crippen LogP contribution in [0, 0.1) is 0 Å². The smallest absolute Gasteiger partial charge is 0.307 e. The zero-order valence-corrected chi connectivity index (χ0v) is 13.9. The Morgan fingerprint density at radius 3 is 2.04 bits per heavy atom. The molecule has 1 aromatic heterocycles. The minimum atomic E-state index is -0.872. The first-order chi connectivity index (χ1) is 12.0. The van der Waals surface area contributed by atoms with E-state index in [1.54, 1.807) is 36.4 Å². The highest BCUT2D eigenvalue weighted by Gasteiger charge is 2.08. The van der Waals surface area contributed by atoms with E-state index in [1.807, 2.05) is 12.1 Å². The molecule has 0 aliphatic rings. The fraction of sp³-hybridized carbons (Fsp3) is 0.111. The maximum Gasteiger partial charge on any atom is 0.307 e. The van der Waals surface area contributed by atoms with Crippen molar-refractivity contribution in [1.29, 1.82) is 0 Å². The third kappa shape index (κ3) is 4.48. The van der Waals surface area contributed by atoms with Crippen molar-refractivity contribution in [2.75, 3.05) is 0 Å². The van der Waals surface area contributed by atoms with Crippen molar-refractivity contribution in [2.45, 2.75) is 12.8 Å². The number of rotatable bonds is 6. The van der Waals surface area contributed by atoms with E-state index in [0.717, 1.165) is 16.9 Å². The van der Waals surface area contributed by atoms with Crippen LogP contribution in [-0.2, 0) is 17.6 Å². The SMILES string of the molecule is O=C(O)Cc1ccc(Oc2ccc(Cc3sc(=O)[nH]c3O)cc2)cc1. The number of aromatic hydroxyl groups is 1. The van der Waals surface area contributed by atoms with Crippen LogP contribution in [0.1, 0.15) is 16.0 Å². The number of nitrogens with one attached hydrogen (secondary N) is 1. The molecule has 7 heteroatoms. The molecule has 0 spiro atoms. The molecule has 3 N–H and O–H groups in total. The molecule has 0 fully saturated rings. The third-order valence-corrected chi connectivity index (χ3v) is 4.37. The molecule has 0 aliphatic heterocycles. The Kier molecular flexibility index (Phi) is 4.85. The second-order valence-corrected chi connectivity index (χ2v) is 6.49. The van der Waals surface area contributed by atoms with Crippen molar-refractivity contribution < 1.29 is 19.7 Å². The molecule has 3 aromatic rings. The predicted molar refractivity (Wildman–Crippen MR) is 93.7 cm³/mol. The molecule has 0 unspecified atom stereocenters. The molecule has 0 radical (unpaired) electrons. The van der Waals surface area contributed by atoms with E-state index in [2.05, 4.69) is 4.98 Å². The van der Waals surface area contributed by atoms with Gasteiger partial charge in [0.05, 0.1) is 11.3 Å². The molecule has 128 valence electrons. The quantitative estimate of drug-likeness (QED) is 0.629. The second kappa shape index (κ2) is 7.23. The number of aliphatic carboxylic acids is 1. The van der Waals surface area contributed by atoms with E-state index in [9.17, 15) is 14.7 Å². The molecule has 1 heterocycles. The Labute approximate surface area is 147 Å². The highest BCUT2D eigenvalue weighted by Crippen LogP contribution is 2.25. The van der Waals surface area contributed by atoms with Gasteiger partial charge in [0.15, 0.2) is 0 Å². The molecule has 0 amide bonds. The van der Waals surface area contributed by atoms with Gasteiger partial charge in [-0.15, -0.1) is 0 Å². The van der Waals surface area contributed by atoms with Crippen LogP contribution in [0.25, 0.3) is 0 Å². The van der Waals surface area contributed by atoms with Gasteiger partial charge in [-0.05, 0) is 35.4 Å². The molecule has 0 saturated heterocycles. The molecule has 2 aromatic carbocycles. The largest absolute Gasteiger partial charge is 0.494 e. The molecule has 6 nitrogen and oxygen atoms in total. The average Bonchev–Trinajstić information content (AvgIpc) is 2.88. The zero-order chi connectivity index (χ0) is 17.8. The Bertz CT molecular complexity index is 925. The summed E-state index contributed by atoms with van der Waals surface area (Å²) in [6.45, 7) is 0. The molecular weight excluding hydrogens is 342 g/mol. The van der Waals surface area contributed by atoms with Crippen LogP contribution in [0.3, 0.4) is 0 Å². The first kappa shape index (κ1) is 16.8. The van der Waals surface area contributed by atoms with Crippen molar-refractivity contribution >= 4 is 17.3 Å². The van der Waals surface area contributed by atoms with Gasteiger partial charge in [0, 0.05) is 6.42 Å². The van der Waals surface area contributed by atoms with Gasteiger partial charge in [0.2, 0.25) is 5.88 Å². The van der Waals surface area contributed by atoms with Gasteiger partial charge in [-0.25, -0.2) is 0 Å². The molecule has 0 bridgehead atoms. The maximum atomic E-state index is 11.2. The lowest BCUT2D eigenvalue weighted by Gasteiger charge is -2.07. The topological polar surface area (TPSA) is 99.6 Å². The fourth-order valence-electron chi connectivity index (χ4n) is 2.32. The van der Waals surface area contributed by atoms with Crippen LogP contribution in [0.4, 0.5) is 0 Å². The minimum absolute atomic E-state index is 0.0208. The van der Waals surface area contributed by atoms with Crippen LogP contribution in [0.5, 0.6) is 17.4 Å². The minimum Gasteiger partial charge on any atom is -0.494 e. The van der Waals surface area contributed by atoms with E-state index in [1.165, 1.54) is 0 Å². The second-order valence-electron chi connectivity index (χ2n) is 5.42. The summed E-state index contributed by atoms with van der Waals surface area (Å²) >= 11 is 0.987. The monoisotopic (exact) mass is 357 g/mol. The summed E-state index contributed by atoms with van der Waals surface area (Å²) in [5.41, 5.74) is 1.65. The maximum absolute atomic E-state index is 11.2. The van der Waals surface area contributed by atoms with Crippen molar-refractivity contribution in [3.63, 3.8) is 0 Å². The first-order valence-electron chi connectivity index (χ1n) is 7.48. The average molecular weight is 357 g/mol. The van der Waals surface area contributed by atoms with E-state index in [4.69, 9.17) is 9.84 Å². The van der Waals surface area contributed by atoms with E-state index in [0.29, 0.717) is 28.4 Å². The van der Waals surface area contributed by atoms with Gasteiger partial charge in [-0.3, -0.25) is 14.6 Å². The highest BCUT2D eigenvalue weighted by atomic mass is 32.1. The van der Waals surface area contributed by atoms with Gasteiger partial charge < -0.3 is 14.9 Å². The standard InChI is InChI=1S/C18H15NO5S/c20-16(21)10-12-3-7-14(8-4-12)24-13-5-1-11(2-6-13)9-15-17(22)19-18(23)25-15/h1-8,22H,9-10H2,(H,19,23)(H,20,21). The number of thiazole rings is 1. The number of ether oxygens (including phenoxy) is 1. The van der Waals surface area contributed by atoms with Crippen molar-refractivity contribution in [3.8, 4) is 17.4 Å². The van der Waals surface area contributed by atoms with Gasteiger partial charge in [0.1, 0.15) is 11.5 Å². The molecular formula is C18H15NO5S. The molecule has 0 aliphatic carbocycles. The third-order valence-electron chi connectivity index (χ3n) is 3.50. The highest BCUT2D eigenvalue weighted by molar-refractivity contribution is 7.09. The summed E-state index contributed by atoms with van der Waals surface area (Å²) in [7, 11) is 0. The van der Waals surface area contributed by atoms with Gasteiger partial charge in [0.25, 0.3) is 0 Å². The fourth-order valence-corrected chi connectivity index (χ4v) is 3.08. The summed E-state index contributed by atoms with van der Waals surface area (Å²) in [6, 6.07) is 14.2. The summed E-state index contributed by atoms with van der Waals surface area (Å²) in [4.78, 5) is 24.5. The lowest BCUT2D eigenvalue weighted by Crippen LogP contribution is -1.99. The Morgan fingerprint density at radius 2 is 1.56 bits per heavy atom. The van der Waals surface area contributed by atoms with Crippen LogP contribution in [-0.4, -0.2) is 21.2 Å². The number of benzene rings is 2. The number of carbonyl (C=O) groups is 1. The Hall–Kier alpha value is -3.06. The van der Waals surface area contributed by atoms with E-state index < -0.39 is 5.97 Å². The first-order valence-corrected chi connectivity index (χ1v) is 8.30. The van der Waals surface area contributed by atoms with Crippen LogP contribution >= 0.6 is 11.3 Å². The van der Waals surface area contributed by atoms with E-state index in [-0.39, 0.29) is 17.2 Å². The Balaban J connectivity index is 1.65. The number of aromatic amines is 1. The number of aromatic nitrogens is 1. The van der Waals surface area contributed by atoms with E-state index >= 15 is 0 Å². The number of H-pyrrole nitrogens is 1. The van der Waals surface area contributed by atoms with Crippen LogP contribution in [0.15, 0.2) is 53.3 Å². The van der Waals surface area contributed by atoms with Gasteiger partial charge in [-0.2, -0.15) is 0 Å². The number of carboxylic acids is 1. The molecule has 0 atom stereocenters. The van der Waals surface area contributed by atoms with Crippen molar-refractivity contribution in [3.05, 3.63) is 74.2 Å². The van der Waals surface area contributed by atoms with Crippen molar-refractivity contribution in [1.82, 2.24) is 4.98 Å². The van der Waals surface area contributed by atoms with Gasteiger partial charge in [-0.1, -0.05) is 35.6 Å². The van der Waals surface area contributed by atoms with Crippen LogP contribution in [0.2, 0.25) is 0 Å².